The lowest BCUT2D eigenvalue weighted by atomic mass is 10.1. The average Bonchev–Trinajstić information content (AvgIpc) is 2.08. The highest BCUT2D eigenvalue weighted by molar-refractivity contribution is 5.72. The molecule has 0 heterocycles. The van der Waals surface area contributed by atoms with Gasteiger partial charge in [-0.2, -0.15) is 0 Å². The summed E-state index contributed by atoms with van der Waals surface area (Å²) in [5.41, 5.74) is 10.4. The second-order valence-electron chi connectivity index (χ2n) is 2.23. The quantitative estimate of drug-likeness (QED) is 0.267. The van der Waals surface area contributed by atoms with Crippen LogP contribution >= 0.6 is 0 Å². The fraction of sp³-hybridized carbons (Fsp3) is 0.833. The molecule has 0 aromatic rings. The Morgan fingerprint density at radius 1 is 1.33 bits per heavy atom. The molecular weight excluding hydrogens is 162 g/mol. The third-order valence-electron chi connectivity index (χ3n) is 1.29. The van der Waals surface area contributed by atoms with E-state index < -0.39 is 12.0 Å². The number of carboxylic acid groups (broad SMARTS) is 1. The van der Waals surface area contributed by atoms with E-state index in [0.717, 1.165) is 12.8 Å². The third kappa shape index (κ3) is 9.31. The maximum absolute atomic E-state index is 10.1. The fourth-order valence-corrected chi connectivity index (χ4v) is 0.632. The van der Waals surface area contributed by atoms with Crippen LogP contribution in [0.2, 0.25) is 0 Å². The number of hydrogen-bond acceptors (Lipinski definition) is 5. The first-order valence-corrected chi connectivity index (χ1v) is 3.62. The normalized spacial score (nSPS) is 11.3. The summed E-state index contributed by atoms with van der Waals surface area (Å²) in [6.07, 6.45) is 2.16. The summed E-state index contributed by atoms with van der Waals surface area (Å²) in [4.78, 5) is 10.1. The van der Waals surface area contributed by atoms with E-state index in [2.05, 4.69) is 5.90 Å². The standard InChI is InChI=1S/C6H14N2O2.H3NO/c7-4-2-1-3-5(8)6(9)10;1-2/h5H,1-4,7-8H2,(H,9,10);2H,1H2. The largest absolute Gasteiger partial charge is 0.480 e. The molecule has 0 radical (unpaired) electrons. The van der Waals surface area contributed by atoms with E-state index in [1.807, 2.05) is 0 Å². The van der Waals surface area contributed by atoms with Crippen LogP contribution in [0.3, 0.4) is 0 Å². The molecule has 0 aliphatic carbocycles. The molecular formula is C6H17N3O3. The zero-order chi connectivity index (χ0) is 9.98. The van der Waals surface area contributed by atoms with Gasteiger partial charge in [-0.15, -0.1) is 0 Å². The molecule has 6 nitrogen and oxygen atoms in total. The number of carbonyl (C=O) groups is 1. The molecule has 0 bridgehead atoms. The molecule has 74 valence electrons. The van der Waals surface area contributed by atoms with E-state index in [1.165, 1.54) is 0 Å². The number of rotatable bonds is 5. The smallest absolute Gasteiger partial charge is 0.320 e. The molecule has 1 unspecified atom stereocenters. The van der Waals surface area contributed by atoms with Gasteiger partial charge in [-0.05, 0) is 19.4 Å². The molecule has 0 saturated heterocycles. The molecule has 0 aliphatic rings. The molecule has 0 fully saturated rings. The van der Waals surface area contributed by atoms with Crippen LogP contribution in [-0.4, -0.2) is 28.9 Å². The van der Waals surface area contributed by atoms with Crippen molar-refractivity contribution in [2.45, 2.75) is 25.3 Å². The van der Waals surface area contributed by atoms with E-state index >= 15 is 0 Å². The van der Waals surface area contributed by atoms with Crippen molar-refractivity contribution in [3.05, 3.63) is 0 Å². The van der Waals surface area contributed by atoms with Crippen molar-refractivity contribution in [2.24, 2.45) is 17.4 Å². The molecule has 12 heavy (non-hydrogen) atoms. The van der Waals surface area contributed by atoms with Gasteiger partial charge in [0.1, 0.15) is 6.04 Å². The van der Waals surface area contributed by atoms with Crippen LogP contribution < -0.4 is 17.4 Å². The number of unbranched alkanes of at least 4 members (excludes halogenated alkanes) is 1. The maximum atomic E-state index is 10.1. The van der Waals surface area contributed by atoms with Gasteiger partial charge in [0, 0.05) is 0 Å². The fourth-order valence-electron chi connectivity index (χ4n) is 0.632. The van der Waals surface area contributed by atoms with Crippen molar-refractivity contribution in [2.75, 3.05) is 6.54 Å². The lowest BCUT2D eigenvalue weighted by Crippen LogP contribution is -2.29. The second-order valence-corrected chi connectivity index (χ2v) is 2.23. The van der Waals surface area contributed by atoms with Crippen LogP contribution in [0.1, 0.15) is 19.3 Å². The van der Waals surface area contributed by atoms with Crippen molar-refractivity contribution in [3.63, 3.8) is 0 Å². The Balaban J connectivity index is 0. The van der Waals surface area contributed by atoms with Gasteiger partial charge >= 0.3 is 5.97 Å². The third-order valence-corrected chi connectivity index (χ3v) is 1.29. The van der Waals surface area contributed by atoms with Crippen molar-refractivity contribution < 1.29 is 15.1 Å². The first-order chi connectivity index (χ1) is 5.68. The minimum Gasteiger partial charge on any atom is -0.480 e. The first-order valence-electron chi connectivity index (χ1n) is 3.62. The molecule has 0 rings (SSSR count). The summed E-state index contributed by atoms with van der Waals surface area (Å²) in [5.74, 6) is 2.57. The average molecular weight is 179 g/mol. The van der Waals surface area contributed by atoms with Gasteiger partial charge in [-0.25, -0.2) is 5.90 Å². The lowest BCUT2D eigenvalue weighted by molar-refractivity contribution is -0.138. The highest BCUT2D eigenvalue weighted by Crippen LogP contribution is 1.96. The molecule has 0 amide bonds. The molecule has 0 saturated carbocycles. The molecule has 0 aliphatic heterocycles. The lowest BCUT2D eigenvalue weighted by Gasteiger charge is -2.03. The van der Waals surface area contributed by atoms with E-state index in [9.17, 15) is 4.79 Å². The van der Waals surface area contributed by atoms with E-state index in [0.29, 0.717) is 13.0 Å². The topological polar surface area (TPSA) is 136 Å². The second kappa shape index (κ2) is 10.3. The number of carboxylic acids is 1. The van der Waals surface area contributed by atoms with E-state index in [1.54, 1.807) is 0 Å². The van der Waals surface area contributed by atoms with Crippen LogP contribution in [0.5, 0.6) is 0 Å². The van der Waals surface area contributed by atoms with Crippen molar-refractivity contribution in [3.8, 4) is 0 Å². The first kappa shape index (κ1) is 13.9. The highest BCUT2D eigenvalue weighted by atomic mass is 16.4. The molecule has 6 heteroatoms. The Bertz CT molecular complexity index is 110. The zero-order valence-corrected chi connectivity index (χ0v) is 6.94. The van der Waals surface area contributed by atoms with Crippen LogP contribution in [0.4, 0.5) is 0 Å². The van der Waals surface area contributed by atoms with Crippen LogP contribution in [0.15, 0.2) is 0 Å². The number of aliphatic carboxylic acids is 1. The summed E-state index contributed by atoms with van der Waals surface area (Å²) in [6.45, 7) is 0.604. The van der Waals surface area contributed by atoms with Gasteiger partial charge in [0.2, 0.25) is 0 Å². The van der Waals surface area contributed by atoms with E-state index in [4.69, 9.17) is 21.8 Å². The Morgan fingerprint density at radius 2 is 1.83 bits per heavy atom. The SMILES string of the molecule is NCCCCC(N)C(=O)O.NO. The summed E-state index contributed by atoms with van der Waals surface area (Å²) in [6, 6.07) is -0.716. The van der Waals surface area contributed by atoms with Gasteiger partial charge in [0.05, 0.1) is 0 Å². The maximum Gasteiger partial charge on any atom is 0.320 e. The molecule has 0 aromatic carbocycles. The van der Waals surface area contributed by atoms with Gasteiger partial charge < -0.3 is 21.8 Å². The predicted molar refractivity (Wildman–Crippen MR) is 44.5 cm³/mol. The molecule has 0 spiro atoms. The van der Waals surface area contributed by atoms with Crippen molar-refractivity contribution in [1.82, 2.24) is 0 Å². The molecule has 8 N–H and O–H groups in total. The number of hydrogen-bond donors (Lipinski definition) is 5. The van der Waals surface area contributed by atoms with Crippen LogP contribution in [0, 0.1) is 0 Å². The molecule has 0 aromatic heterocycles. The minimum atomic E-state index is -0.933. The zero-order valence-electron chi connectivity index (χ0n) is 6.94. The van der Waals surface area contributed by atoms with Crippen LogP contribution in [0.25, 0.3) is 0 Å². The Kier molecular flexibility index (Phi) is 11.9. The Morgan fingerprint density at radius 3 is 2.17 bits per heavy atom. The van der Waals surface area contributed by atoms with Gasteiger partial charge in [0.15, 0.2) is 0 Å². The predicted octanol–water partition coefficient (Wildman–Crippen LogP) is -1.14. The summed E-state index contributed by atoms with van der Waals surface area (Å²) >= 11 is 0. The van der Waals surface area contributed by atoms with Gasteiger partial charge in [0.25, 0.3) is 0 Å². The van der Waals surface area contributed by atoms with Crippen molar-refractivity contribution in [1.29, 1.82) is 0 Å². The number of nitrogens with two attached hydrogens (primary N) is 3. The van der Waals surface area contributed by atoms with Gasteiger partial charge in [-0.1, -0.05) is 6.42 Å². The van der Waals surface area contributed by atoms with Crippen molar-refractivity contribution >= 4 is 5.97 Å². The monoisotopic (exact) mass is 179 g/mol. The Labute approximate surface area is 71.3 Å². The Hall–Kier alpha value is -0.690. The minimum absolute atomic E-state index is 0.520. The van der Waals surface area contributed by atoms with Crippen LogP contribution in [-0.2, 0) is 4.79 Å². The van der Waals surface area contributed by atoms with Gasteiger partial charge in [-0.3, -0.25) is 4.79 Å². The summed E-state index contributed by atoms with van der Waals surface area (Å²) < 4.78 is 0. The van der Waals surface area contributed by atoms with E-state index in [-0.39, 0.29) is 0 Å². The summed E-state index contributed by atoms with van der Waals surface area (Å²) in [7, 11) is 0. The summed E-state index contributed by atoms with van der Waals surface area (Å²) in [5, 5.41) is 14.8. The molecule has 1 atom stereocenters. The highest BCUT2D eigenvalue weighted by Gasteiger charge is 2.09.